The Hall–Kier alpha value is -2.62. The minimum Gasteiger partial charge on any atom is -0.497 e. The van der Waals surface area contributed by atoms with Crippen molar-refractivity contribution in [3.8, 4) is 5.75 Å². The molecule has 0 aromatic heterocycles. The van der Waals surface area contributed by atoms with Crippen LogP contribution in [0.25, 0.3) is 0 Å². The Morgan fingerprint density at radius 3 is 2.31 bits per heavy atom. The highest BCUT2D eigenvalue weighted by Crippen LogP contribution is 2.48. The first-order valence-corrected chi connectivity index (χ1v) is 12.3. The van der Waals surface area contributed by atoms with Crippen molar-refractivity contribution in [3.63, 3.8) is 0 Å². The van der Waals surface area contributed by atoms with E-state index >= 15 is 0 Å². The summed E-state index contributed by atoms with van der Waals surface area (Å²) in [4.78, 5) is 15.3. The van der Waals surface area contributed by atoms with E-state index in [4.69, 9.17) is 9.47 Å². The van der Waals surface area contributed by atoms with Gasteiger partial charge in [0.15, 0.2) is 0 Å². The van der Waals surface area contributed by atoms with Gasteiger partial charge in [0.25, 0.3) is 10.0 Å². The van der Waals surface area contributed by atoms with Crippen molar-refractivity contribution in [3.05, 3.63) is 54.1 Å². The van der Waals surface area contributed by atoms with Crippen LogP contribution in [0.5, 0.6) is 5.75 Å². The van der Waals surface area contributed by atoms with Crippen LogP contribution in [0.1, 0.15) is 18.4 Å². The van der Waals surface area contributed by atoms with Crippen LogP contribution in [0.4, 0.5) is 5.69 Å². The van der Waals surface area contributed by atoms with Gasteiger partial charge in [0.2, 0.25) is 5.91 Å². The second kappa shape index (κ2) is 9.48. The summed E-state index contributed by atoms with van der Waals surface area (Å²) in [7, 11) is -2.18. The van der Waals surface area contributed by atoms with Crippen LogP contribution in [0.2, 0.25) is 0 Å². The molecule has 1 heterocycles. The average molecular weight is 460 g/mol. The van der Waals surface area contributed by atoms with Gasteiger partial charge in [-0.05, 0) is 54.8 Å². The molecule has 1 aliphatic heterocycles. The Morgan fingerprint density at radius 2 is 1.72 bits per heavy atom. The van der Waals surface area contributed by atoms with Crippen LogP contribution in [-0.4, -0.2) is 65.7 Å². The Kier molecular flexibility index (Phi) is 6.68. The maximum atomic E-state index is 12.8. The number of amides is 1. The van der Waals surface area contributed by atoms with Crippen molar-refractivity contribution in [2.24, 2.45) is 0 Å². The van der Waals surface area contributed by atoms with Crippen molar-refractivity contribution in [1.29, 1.82) is 0 Å². The molecule has 9 heteroatoms. The molecule has 0 spiro atoms. The van der Waals surface area contributed by atoms with Crippen LogP contribution in [0, 0.1) is 0 Å². The number of morpholine rings is 1. The van der Waals surface area contributed by atoms with E-state index in [1.165, 1.54) is 19.2 Å². The van der Waals surface area contributed by atoms with E-state index in [0.29, 0.717) is 18.0 Å². The molecule has 2 fully saturated rings. The predicted octanol–water partition coefficient (Wildman–Crippen LogP) is 1.98. The summed E-state index contributed by atoms with van der Waals surface area (Å²) in [5.74, 6) is 0.628. The molecule has 0 radical (unpaired) electrons. The molecule has 2 aliphatic rings. The van der Waals surface area contributed by atoms with Crippen molar-refractivity contribution < 1.29 is 22.7 Å². The summed E-state index contributed by atoms with van der Waals surface area (Å²) in [6.07, 6.45) is 1.60. The second-order valence-corrected chi connectivity index (χ2v) is 9.83. The third-order valence-electron chi connectivity index (χ3n) is 6.06. The molecule has 0 atom stereocenters. The molecular formula is C23H29N3O5S. The van der Waals surface area contributed by atoms with Crippen LogP contribution in [0.15, 0.2) is 53.4 Å². The molecule has 2 aromatic rings. The van der Waals surface area contributed by atoms with Gasteiger partial charge >= 0.3 is 0 Å². The molecule has 1 amide bonds. The zero-order valence-corrected chi connectivity index (χ0v) is 19.0. The highest BCUT2D eigenvalue weighted by Gasteiger charge is 2.51. The largest absolute Gasteiger partial charge is 0.497 e. The molecule has 2 N–H and O–H groups in total. The third-order valence-corrected chi connectivity index (χ3v) is 7.46. The number of sulfonamides is 1. The SMILES string of the molecule is COc1ccc(S(=O)(=O)Nc2ccc(C3(C(=O)NCCN4CCOCC4)CC3)cc2)cc1. The average Bonchev–Trinajstić information content (AvgIpc) is 3.62. The molecular weight excluding hydrogens is 430 g/mol. The zero-order valence-electron chi connectivity index (χ0n) is 18.2. The van der Waals surface area contributed by atoms with E-state index < -0.39 is 15.4 Å². The number of anilines is 1. The van der Waals surface area contributed by atoms with Crippen LogP contribution >= 0.6 is 0 Å². The molecule has 1 saturated heterocycles. The maximum Gasteiger partial charge on any atom is 0.261 e. The predicted molar refractivity (Wildman–Crippen MR) is 121 cm³/mol. The monoisotopic (exact) mass is 459 g/mol. The van der Waals surface area contributed by atoms with Crippen molar-refractivity contribution in [2.75, 3.05) is 51.2 Å². The number of carbonyl (C=O) groups is 1. The summed E-state index contributed by atoms with van der Waals surface area (Å²) >= 11 is 0. The minimum absolute atomic E-state index is 0.0392. The van der Waals surface area contributed by atoms with E-state index in [2.05, 4.69) is 14.9 Å². The molecule has 0 bridgehead atoms. The normalized spacial score (nSPS) is 18.0. The number of nitrogens with zero attached hydrogens (tertiary/aromatic N) is 1. The lowest BCUT2D eigenvalue weighted by Gasteiger charge is -2.27. The van der Waals surface area contributed by atoms with E-state index in [1.807, 2.05) is 12.1 Å². The van der Waals surface area contributed by atoms with Gasteiger partial charge in [-0.15, -0.1) is 0 Å². The highest BCUT2D eigenvalue weighted by atomic mass is 32.2. The van der Waals surface area contributed by atoms with E-state index in [-0.39, 0.29) is 10.8 Å². The fourth-order valence-electron chi connectivity index (χ4n) is 3.92. The number of rotatable bonds is 9. The summed E-state index contributed by atoms with van der Waals surface area (Å²) in [6.45, 7) is 4.71. The quantitative estimate of drug-likeness (QED) is 0.595. The number of ether oxygens (including phenoxy) is 2. The van der Waals surface area contributed by atoms with Gasteiger partial charge in [0.05, 0.1) is 30.6 Å². The van der Waals surface area contributed by atoms with Gasteiger partial charge in [0, 0.05) is 31.9 Å². The standard InChI is InChI=1S/C23H29N3O5S/c1-30-20-6-8-21(9-7-20)32(28,29)25-19-4-2-18(3-5-19)23(10-11-23)22(27)24-12-13-26-14-16-31-17-15-26/h2-9,25H,10-17H2,1H3,(H,24,27). The van der Waals surface area contributed by atoms with Crippen molar-refractivity contribution >= 4 is 21.6 Å². The first kappa shape index (κ1) is 22.6. The number of benzene rings is 2. The molecule has 1 saturated carbocycles. The van der Waals surface area contributed by atoms with E-state index in [9.17, 15) is 13.2 Å². The summed E-state index contributed by atoms with van der Waals surface area (Å²) in [5, 5.41) is 3.07. The lowest BCUT2D eigenvalue weighted by molar-refractivity contribution is -0.123. The summed E-state index contributed by atoms with van der Waals surface area (Å²) in [6, 6.07) is 13.3. The Balaban J connectivity index is 1.35. The summed E-state index contributed by atoms with van der Waals surface area (Å²) in [5.41, 5.74) is 0.861. The molecule has 32 heavy (non-hydrogen) atoms. The molecule has 2 aromatic carbocycles. The van der Waals surface area contributed by atoms with Crippen LogP contribution < -0.4 is 14.8 Å². The summed E-state index contributed by atoms with van der Waals surface area (Å²) < 4.78 is 38.3. The molecule has 172 valence electrons. The Bertz CT molecular complexity index is 1030. The fourth-order valence-corrected chi connectivity index (χ4v) is 4.98. The van der Waals surface area contributed by atoms with Gasteiger partial charge < -0.3 is 14.8 Å². The van der Waals surface area contributed by atoms with Gasteiger partial charge in [-0.25, -0.2) is 8.42 Å². The van der Waals surface area contributed by atoms with Crippen molar-refractivity contribution in [2.45, 2.75) is 23.2 Å². The minimum atomic E-state index is -3.71. The van der Waals surface area contributed by atoms with Gasteiger partial charge in [0.1, 0.15) is 5.75 Å². The lowest BCUT2D eigenvalue weighted by atomic mass is 9.95. The first-order chi connectivity index (χ1) is 15.4. The lowest BCUT2D eigenvalue weighted by Crippen LogP contribution is -2.43. The van der Waals surface area contributed by atoms with E-state index in [0.717, 1.165) is 51.3 Å². The Morgan fingerprint density at radius 1 is 1.06 bits per heavy atom. The third kappa shape index (κ3) is 5.06. The number of carbonyl (C=O) groups excluding carboxylic acids is 1. The number of hydrogen-bond acceptors (Lipinski definition) is 6. The molecule has 1 aliphatic carbocycles. The number of nitrogens with one attached hydrogen (secondary N) is 2. The number of methoxy groups -OCH3 is 1. The first-order valence-electron chi connectivity index (χ1n) is 10.8. The van der Waals surface area contributed by atoms with Crippen LogP contribution in [0.3, 0.4) is 0 Å². The van der Waals surface area contributed by atoms with Gasteiger partial charge in [-0.2, -0.15) is 0 Å². The van der Waals surface area contributed by atoms with Gasteiger partial charge in [-0.1, -0.05) is 12.1 Å². The molecule has 0 unspecified atom stereocenters. The van der Waals surface area contributed by atoms with Gasteiger partial charge in [-0.3, -0.25) is 14.4 Å². The highest BCUT2D eigenvalue weighted by molar-refractivity contribution is 7.92. The maximum absolute atomic E-state index is 12.8. The van der Waals surface area contributed by atoms with Crippen LogP contribution in [-0.2, 0) is 25.0 Å². The Labute approximate surface area is 189 Å². The van der Waals surface area contributed by atoms with E-state index in [1.54, 1.807) is 24.3 Å². The second-order valence-electron chi connectivity index (χ2n) is 8.15. The zero-order chi connectivity index (χ0) is 22.6. The molecule has 8 nitrogen and oxygen atoms in total. The number of hydrogen-bond donors (Lipinski definition) is 2. The smallest absolute Gasteiger partial charge is 0.261 e. The van der Waals surface area contributed by atoms with Crippen molar-refractivity contribution in [1.82, 2.24) is 10.2 Å². The fraction of sp³-hybridized carbons (Fsp3) is 0.435. The molecule has 4 rings (SSSR count). The topological polar surface area (TPSA) is 97.0 Å².